The molecule has 6 rings (SSSR count). The zero-order valence-electron chi connectivity index (χ0n) is 24.7. The molecule has 0 atom stereocenters. The molecule has 0 aliphatic carbocycles. The molecule has 1 heterocycles. The van der Waals surface area contributed by atoms with E-state index in [2.05, 4.69) is 60.7 Å². The molecule has 5 aromatic rings. The molecule has 0 aromatic heterocycles. The van der Waals surface area contributed by atoms with Crippen LogP contribution in [0.3, 0.4) is 0 Å². The number of hydrogen-bond donors (Lipinski definition) is 0. The van der Waals surface area contributed by atoms with Crippen molar-refractivity contribution in [3.05, 3.63) is 97.1 Å². The molecule has 1 aliphatic heterocycles. The van der Waals surface area contributed by atoms with Crippen LogP contribution in [0.4, 0.5) is 0 Å². The van der Waals surface area contributed by atoms with E-state index in [0.717, 1.165) is 49.9 Å². The molecule has 0 saturated heterocycles. The van der Waals surface area contributed by atoms with Gasteiger partial charge < -0.3 is 23.7 Å². The average molecular weight is 553 g/mol. The molecule has 0 unspecified atom stereocenters. The van der Waals surface area contributed by atoms with Crippen molar-refractivity contribution >= 4 is 21.5 Å². The Morgan fingerprint density at radius 1 is 0.585 bits per heavy atom. The maximum absolute atomic E-state index is 6.40. The molecule has 1 aliphatic rings. The van der Waals surface area contributed by atoms with E-state index < -0.39 is 0 Å². The highest BCUT2D eigenvalue weighted by Crippen LogP contribution is 2.46. The predicted molar refractivity (Wildman–Crippen MR) is 169 cm³/mol. The maximum atomic E-state index is 6.40. The van der Waals surface area contributed by atoms with Gasteiger partial charge in [0.1, 0.15) is 42.3 Å². The first-order chi connectivity index (χ1) is 20.3. The van der Waals surface area contributed by atoms with E-state index in [1.165, 1.54) is 0 Å². The Hall–Kier alpha value is -4.22. The summed E-state index contributed by atoms with van der Waals surface area (Å²) in [4.78, 5) is 0. The van der Waals surface area contributed by atoms with Crippen LogP contribution in [0.1, 0.15) is 34.6 Å². The molecule has 0 amide bonds. The summed E-state index contributed by atoms with van der Waals surface area (Å²) < 4.78 is 30.2. The van der Waals surface area contributed by atoms with Gasteiger partial charge in [0, 0.05) is 11.1 Å². The van der Waals surface area contributed by atoms with E-state index in [-0.39, 0.29) is 12.9 Å². The van der Waals surface area contributed by atoms with Crippen molar-refractivity contribution < 1.29 is 23.7 Å². The van der Waals surface area contributed by atoms with Crippen LogP contribution in [0.5, 0.6) is 23.0 Å². The summed E-state index contributed by atoms with van der Waals surface area (Å²) in [5, 5.41) is 4.55. The largest absolute Gasteiger partial charge is 0.494 e. The fourth-order valence-corrected chi connectivity index (χ4v) is 4.77. The van der Waals surface area contributed by atoms with Crippen LogP contribution in [0.2, 0.25) is 0 Å². The second kappa shape index (κ2) is 15.0. The minimum absolute atomic E-state index is 0.0839. The molecule has 214 valence electrons. The minimum atomic E-state index is -0.320. The molecule has 0 fully saturated rings. The van der Waals surface area contributed by atoms with Crippen LogP contribution in [0.25, 0.3) is 32.7 Å². The monoisotopic (exact) mass is 552 g/mol. The third-order valence-electron chi connectivity index (χ3n) is 6.55. The molecule has 41 heavy (non-hydrogen) atoms. The highest BCUT2D eigenvalue weighted by Gasteiger charge is 2.23. The van der Waals surface area contributed by atoms with E-state index >= 15 is 0 Å². The molecule has 0 spiro atoms. The van der Waals surface area contributed by atoms with Gasteiger partial charge in [-0.1, -0.05) is 88.4 Å². The zero-order valence-corrected chi connectivity index (χ0v) is 24.7. The Balaban J connectivity index is 0.000000929. The van der Waals surface area contributed by atoms with Gasteiger partial charge in [0.15, 0.2) is 6.79 Å². The van der Waals surface area contributed by atoms with Crippen molar-refractivity contribution in [2.75, 3.05) is 26.6 Å². The van der Waals surface area contributed by atoms with Crippen molar-refractivity contribution in [2.45, 2.75) is 40.7 Å². The quantitative estimate of drug-likeness (QED) is 0.196. The van der Waals surface area contributed by atoms with Crippen LogP contribution in [0, 0.1) is 0 Å². The number of ether oxygens (including phenoxy) is 5. The molecule has 0 radical (unpaired) electrons. The lowest BCUT2D eigenvalue weighted by Gasteiger charge is -2.18. The Labute approximate surface area is 243 Å². The fraction of sp³-hybridized carbons (Fsp3) is 0.278. The zero-order chi connectivity index (χ0) is 29.0. The highest BCUT2D eigenvalue weighted by atomic mass is 16.7. The third kappa shape index (κ3) is 6.93. The second-order valence-corrected chi connectivity index (χ2v) is 8.90. The van der Waals surface area contributed by atoms with Gasteiger partial charge in [-0.15, -0.1) is 0 Å². The van der Waals surface area contributed by atoms with Gasteiger partial charge in [-0.25, -0.2) is 0 Å². The lowest BCUT2D eigenvalue weighted by atomic mass is 9.92. The SMILES string of the molecule is CC.CC.CCOc1ccc(OCOC2COc3ccc4ccccc4c3-c3c(ccc4ccccc34)OC2)cc1. The first-order valence-corrected chi connectivity index (χ1v) is 14.6. The normalized spacial score (nSPS) is 12.4. The molecule has 0 saturated carbocycles. The highest BCUT2D eigenvalue weighted by molar-refractivity contribution is 6.09. The van der Waals surface area contributed by atoms with Crippen LogP contribution >= 0.6 is 0 Å². The van der Waals surface area contributed by atoms with E-state index in [1.54, 1.807) is 0 Å². The van der Waals surface area contributed by atoms with Crippen molar-refractivity contribution in [1.29, 1.82) is 0 Å². The predicted octanol–water partition coefficient (Wildman–Crippen LogP) is 9.30. The third-order valence-corrected chi connectivity index (χ3v) is 6.55. The Morgan fingerprint density at radius 2 is 1.05 bits per heavy atom. The van der Waals surface area contributed by atoms with Crippen molar-refractivity contribution in [3.8, 4) is 34.1 Å². The lowest BCUT2D eigenvalue weighted by Crippen LogP contribution is -2.30. The van der Waals surface area contributed by atoms with Crippen LogP contribution in [-0.2, 0) is 4.74 Å². The fourth-order valence-electron chi connectivity index (χ4n) is 4.77. The number of fused-ring (bicyclic) bond motifs is 7. The minimum Gasteiger partial charge on any atom is -0.494 e. The standard InChI is InChI=1S/C32H28O5.2C2H6/c1-2-33-24-13-15-25(16-14-24)36-21-37-26-19-34-29-17-11-22-7-3-5-9-27(22)31(29)32-28-10-6-4-8-23(28)12-18-30(32)35-20-26;2*1-2/h3-18,26H,2,19-21H2,1H3;2*1-2H3. The molecule has 5 aromatic carbocycles. The van der Waals surface area contributed by atoms with Crippen molar-refractivity contribution in [2.24, 2.45) is 0 Å². The van der Waals surface area contributed by atoms with Crippen molar-refractivity contribution in [3.63, 3.8) is 0 Å². The Kier molecular flexibility index (Phi) is 10.9. The lowest BCUT2D eigenvalue weighted by molar-refractivity contribution is -0.0679. The number of rotatable bonds is 6. The molecule has 5 nitrogen and oxygen atoms in total. The topological polar surface area (TPSA) is 46.2 Å². The second-order valence-electron chi connectivity index (χ2n) is 8.90. The van der Waals surface area contributed by atoms with Crippen LogP contribution < -0.4 is 18.9 Å². The molecular weight excluding hydrogens is 512 g/mol. The summed E-state index contributed by atoms with van der Waals surface area (Å²) in [6.07, 6.45) is -0.320. The molecular formula is C36H40O5. The summed E-state index contributed by atoms with van der Waals surface area (Å²) in [6, 6.07) is 32.5. The van der Waals surface area contributed by atoms with Crippen LogP contribution in [-0.4, -0.2) is 32.7 Å². The van der Waals surface area contributed by atoms with Crippen molar-refractivity contribution in [1.82, 2.24) is 0 Å². The summed E-state index contributed by atoms with van der Waals surface area (Å²) in [7, 11) is 0. The Morgan fingerprint density at radius 3 is 1.54 bits per heavy atom. The first kappa shape index (κ1) is 29.8. The van der Waals surface area contributed by atoms with Crippen LogP contribution in [0.15, 0.2) is 97.1 Å². The van der Waals surface area contributed by atoms with Gasteiger partial charge in [0.2, 0.25) is 0 Å². The van der Waals surface area contributed by atoms with Gasteiger partial charge >= 0.3 is 0 Å². The molecule has 5 heteroatoms. The number of benzene rings is 5. The smallest absolute Gasteiger partial charge is 0.189 e. The molecule has 0 bridgehead atoms. The summed E-state index contributed by atoms with van der Waals surface area (Å²) in [6.45, 7) is 11.3. The average Bonchev–Trinajstić information content (AvgIpc) is 3.12. The van der Waals surface area contributed by atoms with Gasteiger partial charge in [0.25, 0.3) is 0 Å². The van der Waals surface area contributed by atoms with E-state index in [1.807, 2.05) is 71.0 Å². The summed E-state index contributed by atoms with van der Waals surface area (Å²) in [5.41, 5.74) is 2.08. The summed E-state index contributed by atoms with van der Waals surface area (Å²) in [5.74, 6) is 3.14. The molecule has 0 N–H and O–H groups in total. The van der Waals surface area contributed by atoms with E-state index in [4.69, 9.17) is 23.7 Å². The van der Waals surface area contributed by atoms with Gasteiger partial charge in [-0.05, 0) is 64.9 Å². The Bertz CT molecular complexity index is 1440. The van der Waals surface area contributed by atoms with Gasteiger partial charge in [-0.2, -0.15) is 0 Å². The first-order valence-electron chi connectivity index (χ1n) is 14.6. The van der Waals surface area contributed by atoms with Gasteiger partial charge in [-0.3, -0.25) is 0 Å². The van der Waals surface area contributed by atoms with E-state index in [0.29, 0.717) is 25.6 Å². The summed E-state index contributed by atoms with van der Waals surface area (Å²) >= 11 is 0. The van der Waals surface area contributed by atoms with E-state index in [9.17, 15) is 0 Å². The number of hydrogen-bond acceptors (Lipinski definition) is 5. The van der Waals surface area contributed by atoms with Gasteiger partial charge in [0.05, 0.1) is 6.61 Å². The maximum Gasteiger partial charge on any atom is 0.189 e.